The van der Waals surface area contributed by atoms with Crippen LogP contribution in [0.3, 0.4) is 0 Å². The lowest BCUT2D eigenvalue weighted by Crippen LogP contribution is -2.65. The highest BCUT2D eigenvalue weighted by molar-refractivity contribution is 6.17. The first-order chi connectivity index (χ1) is 19.8. The Labute approximate surface area is 238 Å². The van der Waals surface area contributed by atoms with Crippen LogP contribution in [0.25, 0.3) is 0 Å². The molecule has 2 heterocycles. The first-order valence-electron chi connectivity index (χ1n) is 13.6. The maximum absolute atomic E-state index is 15.0. The third-order valence-corrected chi connectivity index (χ3v) is 7.97. The number of hydrogen-bond donors (Lipinski definition) is 1. The fourth-order valence-electron chi connectivity index (χ4n) is 6.31. The summed E-state index contributed by atoms with van der Waals surface area (Å²) in [5, 5.41) is 3.13. The van der Waals surface area contributed by atoms with Crippen LogP contribution in [-0.4, -0.2) is 49.7 Å². The van der Waals surface area contributed by atoms with E-state index >= 15 is 4.79 Å². The van der Waals surface area contributed by atoms with E-state index in [4.69, 9.17) is 14.2 Å². The summed E-state index contributed by atoms with van der Waals surface area (Å²) in [7, 11) is 1.22. The maximum atomic E-state index is 15.0. The SMILES string of the molecule is CCOC(=O)C1(C(=O)OCC)C[C@](C(=O)OC)(c2ccccc2)[C@@]2(N1)C(=O)N(Cc1ccccc1)c1ccccc12. The van der Waals surface area contributed by atoms with E-state index in [2.05, 4.69) is 5.32 Å². The predicted molar refractivity (Wildman–Crippen MR) is 150 cm³/mol. The van der Waals surface area contributed by atoms with Gasteiger partial charge in [-0.3, -0.25) is 14.9 Å². The number of amides is 1. The number of carbonyl (C=O) groups is 4. The van der Waals surface area contributed by atoms with E-state index in [9.17, 15) is 14.4 Å². The molecule has 212 valence electrons. The van der Waals surface area contributed by atoms with Gasteiger partial charge in [-0.2, -0.15) is 0 Å². The number of nitrogens with zero attached hydrogens (tertiary/aromatic N) is 1. The molecule has 1 fully saturated rings. The second-order valence-corrected chi connectivity index (χ2v) is 10.1. The lowest BCUT2D eigenvalue weighted by Gasteiger charge is -2.40. The molecule has 41 heavy (non-hydrogen) atoms. The molecule has 0 saturated carbocycles. The van der Waals surface area contributed by atoms with Gasteiger partial charge in [0.15, 0.2) is 0 Å². The van der Waals surface area contributed by atoms with Crippen LogP contribution in [0.5, 0.6) is 0 Å². The van der Waals surface area contributed by atoms with E-state index in [1.807, 2.05) is 30.3 Å². The maximum Gasteiger partial charge on any atom is 0.338 e. The van der Waals surface area contributed by atoms with Gasteiger partial charge in [-0.05, 0) is 31.0 Å². The van der Waals surface area contributed by atoms with E-state index in [1.54, 1.807) is 73.3 Å². The molecule has 0 radical (unpaired) electrons. The van der Waals surface area contributed by atoms with Crippen molar-refractivity contribution in [1.82, 2.24) is 5.32 Å². The Morgan fingerprint density at radius 2 is 1.37 bits per heavy atom. The van der Waals surface area contributed by atoms with Gasteiger partial charge in [0, 0.05) is 17.7 Å². The van der Waals surface area contributed by atoms with Gasteiger partial charge in [-0.15, -0.1) is 0 Å². The third kappa shape index (κ3) is 4.02. The Balaban J connectivity index is 1.85. The van der Waals surface area contributed by atoms with Crippen molar-refractivity contribution in [3.63, 3.8) is 0 Å². The minimum atomic E-state index is -2.19. The molecule has 9 heteroatoms. The van der Waals surface area contributed by atoms with Crippen molar-refractivity contribution < 1.29 is 33.4 Å². The zero-order valence-electron chi connectivity index (χ0n) is 23.2. The summed E-state index contributed by atoms with van der Waals surface area (Å²) in [5.41, 5.74) is -3.74. The highest BCUT2D eigenvalue weighted by Gasteiger charge is 2.79. The fraction of sp³-hybridized carbons (Fsp3) is 0.312. The molecule has 2 aliphatic rings. The molecule has 9 nitrogen and oxygen atoms in total. The lowest BCUT2D eigenvalue weighted by atomic mass is 9.62. The Kier molecular flexibility index (Phi) is 7.40. The normalized spacial score (nSPS) is 22.3. The molecule has 1 saturated heterocycles. The highest BCUT2D eigenvalue weighted by Crippen LogP contribution is 2.60. The summed E-state index contributed by atoms with van der Waals surface area (Å²) in [4.78, 5) is 58.4. The quantitative estimate of drug-likeness (QED) is 0.255. The number of benzene rings is 3. The number of carbonyl (C=O) groups excluding carboxylic acids is 4. The van der Waals surface area contributed by atoms with Crippen LogP contribution < -0.4 is 10.2 Å². The molecule has 0 unspecified atom stereocenters. The van der Waals surface area contributed by atoms with E-state index in [0.29, 0.717) is 16.8 Å². The summed E-state index contributed by atoms with van der Waals surface area (Å²) in [6.45, 7) is 3.36. The zero-order valence-corrected chi connectivity index (χ0v) is 23.2. The van der Waals surface area contributed by atoms with Gasteiger partial charge in [0.1, 0.15) is 11.0 Å². The Bertz CT molecular complexity index is 1460. The lowest BCUT2D eigenvalue weighted by molar-refractivity contribution is -0.166. The van der Waals surface area contributed by atoms with Gasteiger partial charge in [0.25, 0.3) is 5.91 Å². The standard InChI is InChI=1S/C32H32N2O7/c1-4-40-28(37)31(29(38)41-5-2)21-30(27(36)39-3,23-16-10-7-11-17-23)32(33-31)24-18-12-13-19-25(24)34(26(32)35)20-22-14-8-6-9-15-22/h6-19,33H,4-5,20-21H2,1-3H3/t30-,32+/m1/s1. The van der Waals surface area contributed by atoms with Crippen molar-refractivity contribution in [3.8, 4) is 0 Å². The number of rotatable bonds is 8. The number of nitrogens with one attached hydrogen (secondary N) is 1. The predicted octanol–water partition coefficient (Wildman–Crippen LogP) is 3.40. The van der Waals surface area contributed by atoms with Crippen molar-refractivity contribution in [1.29, 1.82) is 0 Å². The summed E-state index contributed by atoms with van der Waals surface area (Å²) < 4.78 is 16.2. The molecule has 1 N–H and O–H groups in total. The highest BCUT2D eigenvalue weighted by atomic mass is 16.6. The largest absolute Gasteiger partial charge is 0.468 e. The Hall–Kier alpha value is -4.50. The van der Waals surface area contributed by atoms with E-state index in [1.165, 1.54) is 7.11 Å². The number of anilines is 1. The van der Waals surface area contributed by atoms with Crippen molar-refractivity contribution in [3.05, 3.63) is 102 Å². The summed E-state index contributed by atoms with van der Waals surface area (Å²) in [6.07, 6.45) is -0.465. The minimum Gasteiger partial charge on any atom is -0.468 e. The number of para-hydroxylation sites is 1. The molecule has 2 atom stereocenters. The fourth-order valence-corrected chi connectivity index (χ4v) is 6.31. The summed E-state index contributed by atoms with van der Waals surface area (Å²) in [6, 6.07) is 25.1. The molecule has 2 aliphatic heterocycles. The zero-order chi connectivity index (χ0) is 29.3. The molecule has 5 rings (SSSR count). The molecule has 0 bridgehead atoms. The number of ether oxygens (including phenoxy) is 3. The van der Waals surface area contributed by atoms with Crippen molar-refractivity contribution >= 4 is 29.5 Å². The monoisotopic (exact) mass is 556 g/mol. The van der Waals surface area contributed by atoms with Gasteiger partial charge in [0.05, 0.1) is 26.9 Å². The Morgan fingerprint density at radius 1 is 0.805 bits per heavy atom. The van der Waals surface area contributed by atoms with Crippen LogP contribution in [-0.2, 0) is 50.9 Å². The molecule has 1 amide bonds. The first kappa shape index (κ1) is 28.0. The van der Waals surface area contributed by atoms with Gasteiger partial charge >= 0.3 is 17.9 Å². The van der Waals surface area contributed by atoms with Gasteiger partial charge in [0.2, 0.25) is 5.54 Å². The molecule has 0 aromatic heterocycles. The number of esters is 3. The van der Waals surface area contributed by atoms with Crippen LogP contribution in [0.2, 0.25) is 0 Å². The van der Waals surface area contributed by atoms with Crippen LogP contribution in [0, 0.1) is 0 Å². The van der Waals surface area contributed by atoms with E-state index < -0.39 is 46.7 Å². The van der Waals surface area contributed by atoms with Crippen molar-refractivity contribution in [2.75, 3.05) is 25.2 Å². The second kappa shape index (κ2) is 10.8. The minimum absolute atomic E-state index is 0.0319. The third-order valence-electron chi connectivity index (χ3n) is 7.97. The van der Waals surface area contributed by atoms with E-state index in [0.717, 1.165) is 5.56 Å². The molecule has 1 spiro atoms. The van der Waals surface area contributed by atoms with Gasteiger partial charge in [-0.25, -0.2) is 9.59 Å². The number of methoxy groups -OCH3 is 1. The van der Waals surface area contributed by atoms with E-state index in [-0.39, 0.29) is 19.8 Å². The summed E-state index contributed by atoms with van der Waals surface area (Å²) in [5.74, 6) is -3.17. The number of fused-ring (bicyclic) bond motifs is 2. The average molecular weight is 557 g/mol. The van der Waals surface area contributed by atoms with Gasteiger partial charge < -0.3 is 19.1 Å². The molecule has 0 aliphatic carbocycles. The number of hydrogen-bond acceptors (Lipinski definition) is 8. The smallest absolute Gasteiger partial charge is 0.338 e. The molecule has 3 aromatic rings. The van der Waals surface area contributed by atoms with Crippen LogP contribution in [0.4, 0.5) is 5.69 Å². The van der Waals surface area contributed by atoms with Crippen LogP contribution in [0.15, 0.2) is 84.9 Å². The van der Waals surface area contributed by atoms with Crippen LogP contribution >= 0.6 is 0 Å². The van der Waals surface area contributed by atoms with Crippen LogP contribution in [0.1, 0.15) is 37.0 Å². The average Bonchev–Trinajstić information content (AvgIpc) is 3.46. The topological polar surface area (TPSA) is 111 Å². The second-order valence-electron chi connectivity index (χ2n) is 10.1. The van der Waals surface area contributed by atoms with Crippen molar-refractivity contribution in [2.45, 2.75) is 43.3 Å². The molecular weight excluding hydrogens is 524 g/mol. The molecular formula is C32H32N2O7. The molecule has 3 aromatic carbocycles. The first-order valence-corrected chi connectivity index (χ1v) is 13.6. The Morgan fingerprint density at radius 3 is 1.95 bits per heavy atom. The van der Waals surface area contributed by atoms with Crippen molar-refractivity contribution in [2.24, 2.45) is 0 Å². The summed E-state index contributed by atoms with van der Waals surface area (Å²) >= 11 is 0. The van der Waals surface area contributed by atoms with Gasteiger partial charge in [-0.1, -0.05) is 78.9 Å².